The monoisotopic (exact) mass is 439 g/mol. The number of anilines is 1. The Labute approximate surface area is 183 Å². The normalized spacial score (nSPS) is 17.0. The molecule has 2 aromatic carbocycles. The summed E-state index contributed by atoms with van der Waals surface area (Å²) in [7, 11) is -3.57. The van der Waals surface area contributed by atoms with Gasteiger partial charge in [0.1, 0.15) is 0 Å². The average molecular weight is 440 g/mol. The largest absolute Gasteiger partial charge is 0.361 e. The molecule has 4 rings (SSSR count). The number of aromatic nitrogens is 1. The number of nitrogens with zero attached hydrogens (tertiary/aromatic N) is 1. The zero-order valence-corrected chi connectivity index (χ0v) is 18.8. The van der Waals surface area contributed by atoms with Gasteiger partial charge in [-0.15, -0.1) is 0 Å². The molecule has 7 heteroatoms. The number of nitrogens with one attached hydrogen (secondary N) is 2. The van der Waals surface area contributed by atoms with Crippen molar-refractivity contribution < 1.29 is 13.2 Å². The van der Waals surface area contributed by atoms with Crippen LogP contribution in [0.15, 0.2) is 59.6 Å². The lowest BCUT2D eigenvalue weighted by Gasteiger charge is -2.30. The fourth-order valence-corrected chi connectivity index (χ4v) is 5.58. The van der Waals surface area contributed by atoms with Gasteiger partial charge in [-0.2, -0.15) is 4.31 Å². The SMILES string of the molecule is CCC(C)c1ccc(NC(=O)C2CCN(S(=O)(=O)c3ccc4[nH]ccc4c3)CC2)cc1. The molecule has 1 unspecified atom stereocenters. The van der Waals surface area contributed by atoms with Crippen molar-refractivity contribution >= 4 is 32.5 Å². The number of sulfonamides is 1. The highest BCUT2D eigenvalue weighted by molar-refractivity contribution is 7.89. The predicted octanol–water partition coefficient (Wildman–Crippen LogP) is 4.72. The lowest BCUT2D eigenvalue weighted by molar-refractivity contribution is -0.120. The van der Waals surface area contributed by atoms with E-state index in [1.807, 2.05) is 18.2 Å². The van der Waals surface area contributed by atoms with Gasteiger partial charge < -0.3 is 10.3 Å². The summed E-state index contributed by atoms with van der Waals surface area (Å²) in [5.74, 6) is 0.268. The van der Waals surface area contributed by atoms with E-state index in [4.69, 9.17) is 0 Å². The fourth-order valence-electron chi connectivity index (χ4n) is 4.07. The fraction of sp³-hybridized carbons (Fsp3) is 0.375. The molecule has 1 atom stereocenters. The van der Waals surface area contributed by atoms with Gasteiger partial charge in [-0.05, 0) is 67.1 Å². The molecule has 2 N–H and O–H groups in total. The predicted molar refractivity (Wildman–Crippen MR) is 124 cm³/mol. The smallest absolute Gasteiger partial charge is 0.243 e. The molecule has 1 fully saturated rings. The van der Waals surface area contributed by atoms with Crippen LogP contribution in [0, 0.1) is 5.92 Å². The van der Waals surface area contributed by atoms with Crippen LogP contribution in [0.1, 0.15) is 44.6 Å². The second kappa shape index (κ2) is 8.85. The number of piperidine rings is 1. The number of carbonyl (C=O) groups excluding carboxylic acids is 1. The highest BCUT2D eigenvalue weighted by atomic mass is 32.2. The number of rotatable bonds is 6. The Morgan fingerprint density at radius 1 is 1.13 bits per heavy atom. The maximum absolute atomic E-state index is 13.0. The first kappa shape index (κ1) is 21.6. The minimum absolute atomic E-state index is 0.0397. The van der Waals surface area contributed by atoms with Crippen LogP contribution >= 0.6 is 0 Å². The molecule has 164 valence electrons. The molecule has 1 saturated heterocycles. The van der Waals surface area contributed by atoms with E-state index in [1.54, 1.807) is 24.4 Å². The summed E-state index contributed by atoms with van der Waals surface area (Å²) in [6.45, 7) is 5.04. The van der Waals surface area contributed by atoms with Crippen LogP contribution in [0.5, 0.6) is 0 Å². The van der Waals surface area contributed by atoms with Crippen LogP contribution in [0.4, 0.5) is 5.69 Å². The van der Waals surface area contributed by atoms with Gasteiger partial charge in [0.25, 0.3) is 0 Å². The van der Waals surface area contributed by atoms with E-state index in [-0.39, 0.29) is 11.8 Å². The molecule has 3 aromatic rings. The van der Waals surface area contributed by atoms with E-state index in [0.29, 0.717) is 36.7 Å². The van der Waals surface area contributed by atoms with Crippen LogP contribution < -0.4 is 5.32 Å². The first-order chi connectivity index (χ1) is 14.9. The summed E-state index contributed by atoms with van der Waals surface area (Å²) in [4.78, 5) is 16.1. The quantitative estimate of drug-likeness (QED) is 0.583. The Morgan fingerprint density at radius 2 is 1.84 bits per heavy atom. The zero-order valence-electron chi connectivity index (χ0n) is 18.0. The van der Waals surface area contributed by atoms with Crippen molar-refractivity contribution in [3.8, 4) is 0 Å². The van der Waals surface area contributed by atoms with Gasteiger partial charge in [0, 0.05) is 41.8 Å². The van der Waals surface area contributed by atoms with Gasteiger partial charge in [-0.1, -0.05) is 26.0 Å². The van der Waals surface area contributed by atoms with Crippen molar-refractivity contribution in [3.05, 3.63) is 60.3 Å². The number of hydrogen-bond donors (Lipinski definition) is 2. The number of aromatic amines is 1. The highest BCUT2D eigenvalue weighted by Crippen LogP contribution is 2.27. The number of hydrogen-bond acceptors (Lipinski definition) is 3. The van der Waals surface area contributed by atoms with Gasteiger partial charge in [0.2, 0.25) is 15.9 Å². The second-order valence-corrected chi connectivity index (χ2v) is 10.3. The molecule has 0 bridgehead atoms. The summed E-state index contributed by atoms with van der Waals surface area (Å²) in [6.07, 6.45) is 3.90. The van der Waals surface area contributed by atoms with Gasteiger partial charge >= 0.3 is 0 Å². The Kier molecular flexibility index (Phi) is 6.16. The van der Waals surface area contributed by atoms with Crippen LogP contribution in [0.25, 0.3) is 10.9 Å². The van der Waals surface area contributed by atoms with Gasteiger partial charge in [0.05, 0.1) is 4.90 Å². The van der Waals surface area contributed by atoms with Crippen molar-refractivity contribution in [2.24, 2.45) is 5.92 Å². The molecule has 1 aromatic heterocycles. The van der Waals surface area contributed by atoms with Crippen LogP contribution in [-0.4, -0.2) is 36.7 Å². The summed E-state index contributed by atoms with van der Waals surface area (Å²) in [5, 5.41) is 3.86. The lowest BCUT2D eigenvalue weighted by Crippen LogP contribution is -2.41. The Hall–Kier alpha value is -2.64. The van der Waals surface area contributed by atoms with Gasteiger partial charge in [0.15, 0.2) is 0 Å². The highest BCUT2D eigenvalue weighted by Gasteiger charge is 2.32. The van der Waals surface area contributed by atoms with E-state index in [1.165, 1.54) is 9.87 Å². The van der Waals surface area contributed by atoms with E-state index < -0.39 is 10.0 Å². The van der Waals surface area contributed by atoms with Crippen molar-refractivity contribution in [2.75, 3.05) is 18.4 Å². The molecule has 0 saturated carbocycles. The molecule has 2 heterocycles. The number of H-pyrrole nitrogens is 1. The van der Waals surface area contributed by atoms with E-state index in [9.17, 15) is 13.2 Å². The third-order valence-corrected chi connectivity index (χ3v) is 8.24. The maximum atomic E-state index is 13.0. The van der Waals surface area contributed by atoms with Gasteiger partial charge in [-0.3, -0.25) is 4.79 Å². The molecule has 1 amide bonds. The molecule has 6 nitrogen and oxygen atoms in total. The van der Waals surface area contributed by atoms with Crippen LogP contribution in [0.3, 0.4) is 0 Å². The summed E-state index contributed by atoms with van der Waals surface area (Å²) >= 11 is 0. The zero-order chi connectivity index (χ0) is 22.0. The van der Waals surface area contributed by atoms with E-state index in [2.05, 4.69) is 36.3 Å². The van der Waals surface area contributed by atoms with Crippen LogP contribution in [0.2, 0.25) is 0 Å². The topological polar surface area (TPSA) is 82.3 Å². The second-order valence-electron chi connectivity index (χ2n) is 8.33. The molecule has 31 heavy (non-hydrogen) atoms. The maximum Gasteiger partial charge on any atom is 0.243 e. The molecule has 1 aliphatic rings. The van der Waals surface area contributed by atoms with Crippen LogP contribution in [-0.2, 0) is 14.8 Å². The third kappa shape index (κ3) is 4.52. The summed E-state index contributed by atoms with van der Waals surface area (Å²) in [6, 6.07) is 15.0. The van der Waals surface area contributed by atoms with Gasteiger partial charge in [-0.25, -0.2) is 8.42 Å². The molecule has 1 aliphatic heterocycles. The molecular weight excluding hydrogens is 410 g/mol. The summed E-state index contributed by atoms with van der Waals surface area (Å²) < 4.78 is 27.6. The minimum atomic E-state index is -3.57. The van der Waals surface area contributed by atoms with Crippen molar-refractivity contribution in [1.29, 1.82) is 0 Å². The first-order valence-corrected chi connectivity index (χ1v) is 12.3. The number of amides is 1. The third-order valence-electron chi connectivity index (χ3n) is 6.35. The molecule has 0 spiro atoms. The lowest BCUT2D eigenvalue weighted by atomic mass is 9.96. The number of fused-ring (bicyclic) bond motifs is 1. The van der Waals surface area contributed by atoms with Crippen molar-refractivity contribution in [3.63, 3.8) is 0 Å². The minimum Gasteiger partial charge on any atom is -0.361 e. The molecule has 0 radical (unpaired) electrons. The van der Waals surface area contributed by atoms with Crippen molar-refractivity contribution in [1.82, 2.24) is 9.29 Å². The number of benzene rings is 2. The van der Waals surface area contributed by atoms with E-state index >= 15 is 0 Å². The Morgan fingerprint density at radius 3 is 2.52 bits per heavy atom. The van der Waals surface area contributed by atoms with E-state index in [0.717, 1.165) is 23.0 Å². The standard InChI is InChI=1S/C24H29N3O3S/c1-3-17(2)18-4-6-21(7-5-18)26-24(28)19-11-14-27(15-12-19)31(29,30)22-8-9-23-20(16-22)10-13-25-23/h4-10,13,16-17,19,25H,3,11-12,14-15H2,1-2H3,(H,26,28). The summed E-state index contributed by atoms with van der Waals surface area (Å²) in [5.41, 5.74) is 2.95. The van der Waals surface area contributed by atoms with Crippen molar-refractivity contribution in [2.45, 2.75) is 43.9 Å². The number of carbonyl (C=O) groups is 1. The Bertz CT molecular complexity index is 1160. The Balaban J connectivity index is 1.37. The molecular formula is C24H29N3O3S. The first-order valence-electron chi connectivity index (χ1n) is 10.9. The average Bonchev–Trinajstić information content (AvgIpc) is 3.27. The molecule has 0 aliphatic carbocycles.